The van der Waals surface area contributed by atoms with Gasteiger partial charge >= 0.3 is 0 Å². The van der Waals surface area contributed by atoms with Crippen LogP contribution in [0.15, 0.2) is 48.5 Å². The highest BCUT2D eigenvalue weighted by Gasteiger charge is 2.38. The molecule has 3 heteroatoms. The van der Waals surface area contributed by atoms with Gasteiger partial charge in [-0.2, -0.15) is 0 Å². The molecular weight excluding hydrogens is 466 g/mol. The maximum absolute atomic E-state index is 10.5. The zero-order chi connectivity index (χ0) is 26.4. The van der Waals surface area contributed by atoms with Gasteiger partial charge < -0.3 is 15.2 Å². The van der Waals surface area contributed by atoms with Gasteiger partial charge in [0.2, 0.25) is 0 Å². The molecule has 3 nitrogen and oxygen atoms in total. The topological polar surface area (TPSA) is 41.5 Å². The van der Waals surface area contributed by atoms with E-state index in [2.05, 4.69) is 68.6 Å². The van der Waals surface area contributed by atoms with Gasteiger partial charge in [-0.15, -0.1) is 0 Å². The summed E-state index contributed by atoms with van der Waals surface area (Å²) in [4.78, 5) is 0. The molecule has 0 radical (unpaired) electrons. The van der Waals surface area contributed by atoms with Crippen LogP contribution in [-0.2, 0) is 5.41 Å². The van der Waals surface area contributed by atoms with Crippen LogP contribution in [0.5, 0.6) is 17.2 Å². The predicted molar refractivity (Wildman–Crippen MR) is 160 cm³/mol. The smallest absolute Gasteiger partial charge is 0.132 e. The van der Waals surface area contributed by atoms with Crippen molar-refractivity contribution < 1.29 is 9.84 Å². The minimum Gasteiger partial charge on any atom is -0.508 e. The van der Waals surface area contributed by atoms with Crippen molar-refractivity contribution in [3.05, 3.63) is 70.8 Å². The molecule has 0 spiro atoms. The number of aryl methyl sites for hydroxylation is 2. The second kappa shape index (κ2) is 9.84. The number of rotatable bonds is 6. The largest absolute Gasteiger partial charge is 0.508 e. The Morgan fingerprint density at radius 2 is 1.42 bits per heavy atom. The fourth-order valence-corrected chi connectivity index (χ4v) is 7.04. The van der Waals surface area contributed by atoms with Crippen molar-refractivity contribution in [3.8, 4) is 17.2 Å². The predicted octanol–water partition coefficient (Wildman–Crippen LogP) is 9.91. The molecule has 0 aromatic heterocycles. The highest BCUT2D eigenvalue weighted by molar-refractivity contribution is 5.92. The Kier molecular flexibility index (Phi) is 6.50. The first-order valence-electron chi connectivity index (χ1n) is 14.6. The van der Waals surface area contributed by atoms with Crippen molar-refractivity contribution in [2.45, 2.75) is 84.5 Å². The van der Waals surface area contributed by atoms with Crippen molar-refractivity contribution >= 4 is 27.2 Å². The Morgan fingerprint density at radius 1 is 0.816 bits per heavy atom. The minimum atomic E-state index is -0.163. The third-order valence-electron chi connectivity index (χ3n) is 9.33. The van der Waals surface area contributed by atoms with Gasteiger partial charge in [0.15, 0.2) is 0 Å². The van der Waals surface area contributed by atoms with Gasteiger partial charge in [-0.3, -0.25) is 0 Å². The molecule has 0 saturated heterocycles. The van der Waals surface area contributed by atoms with E-state index in [-0.39, 0.29) is 5.41 Å². The van der Waals surface area contributed by atoms with Gasteiger partial charge in [0.1, 0.15) is 17.2 Å². The number of aromatic hydroxyl groups is 1. The van der Waals surface area contributed by atoms with Crippen LogP contribution in [0, 0.1) is 19.8 Å². The summed E-state index contributed by atoms with van der Waals surface area (Å²) in [5, 5.41) is 18.7. The summed E-state index contributed by atoms with van der Waals surface area (Å²) < 4.78 is 6.69. The molecule has 38 heavy (non-hydrogen) atoms. The van der Waals surface area contributed by atoms with Gasteiger partial charge in [0.25, 0.3) is 0 Å². The first kappa shape index (κ1) is 25.1. The molecule has 2 N–H and O–H groups in total. The SMILES string of the molecule is CCNc1cc2cc3c(cc2cc1C)Oc1cc2cc(C)c(O)cc2cc1C3(C)CCCC1CCCCC1. The lowest BCUT2D eigenvalue weighted by Gasteiger charge is -2.39. The molecule has 198 valence electrons. The van der Waals surface area contributed by atoms with E-state index in [1.54, 1.807) is 0 Å². The summed E-state index contributed by atoms with van der Waals surface area (Å²) in [5.41, 5.74) is 5.71. The van der Waals surface area contributed by atoms with E-state index in [0.717, 1.165) is 46.7 Å². The molecule has 1 heterocycles. The quantitative estimate of drug-likeness (QED) is 0.273. The molecule has 6 rings (SSSR count). The third-order valence-corrected chi connectivity index (χ3v) is 9.33. The summed E-state index contributed by atoms with van der Waals surface area (Å²) in [6.45, 7) is 9.60. The fraction of sp³-hybridized carbons (Fsp3) is 0.429. The van der Waals surface area contributed by atoms with Gasteiger partial charge in [0, 0.05) is 28.8 Å². The van der Waals surface area contributed by atoms with Gasteiger partial charge in [-0.25, -0.2) is 0 Å². The number of anilines is 1. The Balaban J connectivity index is 1.47. The Hall–Kier alpha value is -3.20. The summed E-state index contributed by atoms with van der Waals surface area (Å²) in [6.07, 6.45) is 10.6. The van der Waals surface area contributed by atoms with E-state index < -0.39 is 0 Å². The zero-order valence-electron chi connectivity index (χ0n) is 23.4. The molecule has 2 aliphatic rings. The van der Waals surface area contributed by atoms with Gasteiger partial charge in [-0.05, 0) is 114 Å². The van der Waals surface area contributed by atoms with E-state index in [9.17, 15) is 5.11 Å². The first-order chi connectivity index (χ1) is 18.4. The molecule has 1 aliphatic carbocycles. The van der Waals surface area contributed by atoms with Crippen molar-refractivity contribution in [3.63, 3.8) is 0 Å². The highest BCUT2D eigenvalue weighted by Crippen LogP contribution is 2.53. The number of hydrogen-bond acceptors (Lipinski definition) is 3. The van der Waals surface area contributed by atoms with E-state index in [0.29, 0.717) is 5.75 Å². The van der Waals surface area contributed by atoms with E-state index >= 15 is 0 Å². The van der Waals surface area contributed by atoms with E-state index in [1.165, 1.54) is 78.1 Å². The lowest BCUT2D eigenvalue weighted by atomic mass is 9.69. The lowest BCUT2D eigenvalue weighted by Crippen LogP contribution is -2.28. The number of phenolic OH excluding ortho intramolecular Hbond substituents is 1. The van der Waals surface area contributed by atoms with Crippen molar-refractivity contribution in [2.75, 3.05) is 11.9 Å². The number of nitrogens with one attached hydrogen (secondary N) is 1. The summed E-state index contributed by atoms with van der Waals surface area (Å²) in [7, 11) is 0. The molecule has 1 saturated carbocycles. The standard InChI is InChI=1S/C35H41NO2/c1-5-36-31-18-27-16-29-33(20-25(27)14-22(31)2)38-34-21-26-15-23(3)32(37)19-28(26)17-30(34)35(29,4)13-9-12-24-10-7-6-8-11-24/h14-21,24,36-37H,5-13H2,1-4H3. The number of ether oxygens (including phenoxy) is 1. The fourth-order valence-electron chi connectivity index (χ4n) is 7.04. The van der Waals surface area contributed by atoms with Crippen LogP contribution < -0.4 is 10.1 Å². The molecule has 4 aromatic carbocycles. The van der Waals surface area contributed by atoms with Crippen LogP contribution in [0.4, 0.5) is 5.69 Å². The van der Waals surface area contributed by atoms with Gasteiger partial charge in [-0.1, -0.05) is 51.9 Å². The van der Waals surface area contributed by atoms with Gasteiger partial charge in [0.05, 0.1) is 0 Å². The second-order valence-corrected chi connectivity index (χ2v) is 12.1. The average molecular weight is 508 g/mol. The molecular formula is C35H41NO2. The second-order valence-electron chi connectivity index (χ2n) is 12.1. The van der Waals surface area contributed by atoms with Crippen molar-refractivity contribution in [1.82, 2.24) is 0 Å². The van der Waals surface area contributed by atoms with Crippen LogP contribution in [0.2, 0.25) is 0 Å². The molecule has 0 amide bonds. The Labute approximate surface area is 227 Å². The van der Waals surface area contributed by atoms with Crippen LogP contribution >= 0.6 is 0 Å². The highest BCUT2D eigenvalue weighted by atomic mass is 16.5. The zero-order valence-corrected chi connectivity index (χ0v) is 23.4. The van der Waals surface area contributed by atoms with E-state index in [1.807, 2.05) is 13.0 Å². The molecule has 1 atom stereocenters. The Morgan fingerprint density at radius 3 is 2.08 bits per heavy atom. The lowest BCUT2D eigenvalue weighted by molar-refractivity contribution is 0.313. The van der Waals surface area contributed by atoms with Crippen LogP contribution in [-0.4, -0.2) is 11.7 Å². The summed E-state index contributed by atoms with van der Waals surface area (Å²) in [5.74, 6) is 3.17. The number of benzene rings is 4. The number of phenols is 1. The monoisotopic (exact) mass is 507 g/mol. The van der Waals surface area contributed by atoms with Crippen LogP contribution in [0.3, 0.4) is 0 Å². The maximum atomic E-state index is 10.5. The van der Waals surface area contributed by atoms with E-state index in [4.69, 9.17) is 4.74 Å². The molecule has 1 aliphatic heterocycles. The van der Waals surface area contributed by atoms with Crippen LogP contribution in [0.25, 0.3) is 21.5 Å². The molecule has 0 bridgehead atoms. The number of hydrogen-bond donors (Lipinski definition) is 2. The molecule has 1 unspecified atom stereocenters. The van der Waals surface area contributed by atoms with Crippen LogP contribution in [0.1, 0.15) is 87.5 Å². The Bertz CT molecular complexity index is 1510. The normalized spacial score (nSPS) is 19.3. The average Bonchev–Trinajstić information content (AvgIpc) is 2.90. The maximum Gasteiger partial charge on any atom is 0.132 e. The minimum absolute atomic E-state index is 0.163. The summed E-state index contributed by atoms with van der Waals surface area (Å²) >= 11 is 0. The molecule has 4 aromatic rings. The third kappa shape index (κ3) is 4.40. The summed E-state index contributed by atoms with van der Waals surface area (Å²) in [6, 6.07) is 17.6. The molecule has 1 fully saturated rings. The number of fused-ring (bicyclic) bond motifs is 4. The van der Waals surface area contributed by atoms with Crippen molar-refractivity contribution in [1.29, 1.82) is 0 Å². The van der Waals surface area contributed by atoms with Crippen molar-refractivity contribution in [2.24, 2.45) is 5.92 Å². The first-order valence-corrected chi connectivity index (χ1v) is 14.6.